The molecule has 5 atom stereocenters. The highest BCUT2D eigenvalue weighted by Crippen LogP contribution is 2.52. The number of ether oxygens (including phenoxy) is 2. The Kier molecular flexibility index (Phi) is 5.29. The fraction of sp³-hybridized carbons (Fsp3) is 0.429. The molecule has 0 unspecified atom stereocenters. The Balaban J connectivity index is 1.44. The molecular formula is C21H21BrN2O5. The lowest BCUT2D eigenvalue weighted by atomic mass is 9.85. The van der Waals surface area contributed by atoms with Crippen LogP contribution in [0.4, 0.5) is 0 Å². The maximum atomic E-state index is 12.7. The number of amides is 2. The van der Waals surface area contributed by atoms with Gasteiger partial charge in [-0.3, -0.25) is 9.59 Å². The number of rotatable bonds is 6. The summed E-state index contributed by atoms with van der Waals surface area (Å²) in [5.74, 6) is -0.589. The smallest absolute Gasteiger partial charge is 0.347 e. The van der Waals surface area contributed by atoms with Crippen LogP contribution in [0.2, 0.25) is 0 Å². The van der Waals surface area contributed by atoms with Gasteiger partial charge in [0.05, 0.1) is 29.1 Å². The van der Waals surface area contributed by atoms with Crippen LogP contribution in [0.25, 0.3) is 0 Å². The molecule has 2 aliphatic carbocycles. The van der Waals surface area contributed by atoms with E-state index in [1.54, 1.807) is 32.0 Å². The summed E-state index contributed by atoms with van der Waals surface area (Å²) in [6.45, 7) is 3.64. The van der Waals surface area contributed by atoms with Crippen molar-refractivity contribution in [3.63, 3.8) is 0 Å². The van der Waals surface area contributed by atoms with Gasteiger partial charge in [-0.05, 0) is 71.8 Å². The molecule has 152 valence electrons. The minimum Gasteiger partial charge on any atom is -0.478 e. The zero-order valence-electron chi connectivity index (χ0n) is 16.1. The van der Waals surface area contributed by atoms with Crippen molar-refractivity contribution in [3.8, 4) is 5.75 Å². The molecule has 1 saturated heterocycles. The van der Waals surface area contributed by atoms with Gasteiger partial charge in [0.15, 0.2) is 6.10 Å². The van der Waals surface area contributed by atoms with Crippen molar-refractivity contribution in [2.45, 2.75) is 26.4 Å². The van der Waals surface area contributed by atoms with Gasteiger partial charge in [0.1, 0.15) is 5.75 Å². The van der Waals surface area contributed by atoms with Gasteiger partial charge in [-0.25, -0.2) is 4.79 Å². The lowest BCUT2D eigenvalue weighted by molar-refractivity contribution is -0.150. The maximum Gasteiger partial charge on any atom is 0.347 e. The van der Waals surface area contributed by atoms with Crippen LogP contribution in [0.5, 0.6) is 5.75 Å². The molecule has 3 aliphatic rings. The van der Waals surface area contributed by atoms with Crippen LogP contribution in [0.1, 0.15) is 25.8 Å². The van der Waals surface area contributed by atoms with Crippen molar-refractivity contribution in [2.75, 3.05) is 6.61 Å². The molecule has 1 heterocycles. The lowest BCUT2D eigenvalue weighted by Gasteiger charge is -2.15. The Bertz CT molecular complexity index is 898. The van der Waals surface area contributed by atoms with Crippen LogP contribution < -0.4 is 4.74 Å². The molecule has 8 heteroatoms. The highest BCUT2D eigenvalue weighted by molar-refractivity contribution is 9.10. The minimum absolute atomic E-state index is 0.161. The van der Waals surface area contributed by atoms with E-state index in [1.807, 2.05) is 0 Å². The van der Waals surface area contributed by atoms with E-state index in [0.717, 1.165) is 11.4 Å². The summed E-state index contributed by atoms with van der Waals surface area (Å²) in [6, 6.07) is 5.17. The van der Waals surface area contributed by atoms with Crippen LogP contribution in [0, 0.1) is 23.7 Å². The predicted octanol–water partition coefficient (Wildman–Crippen LogP) is 2.92. The number of hydrogen-bond donors (Lipinski definition) is 0. The second-order valence-electron chi connectivity index (χ2n) is 7.43. The van der Waals surface area contributed by atoms with E-state index in [0.29, 0.717) is 15.8 Å². The van der Waals surface area contributed by atoms with Crippen LogP contribution in [0.15, 0.2) is 39.9 Å². The number of hydrogen-bond acceptors (Lipinski definition) is 6. The van der Waals surface area contributed by atoms with E-state index in [-0.39, 0.29) is 42.1 Å². The van der Waals surface area contributed by atoms with Crippen LogP contribution in [-0.4, -0.2) is 41.7 Å². The third-order valence-electron chi connectivity index (χ3n) is 5.65. The van der Waals surface area contributed by atoms with Gasteiger partial charge in [-0.15, -0.1) is 0 Å². The molecule has 7 nitrogen and oxygen atoms in total. The lowest BCUT2D eigenvalue weighted by Crippen LogP contribution is -2.28. The van der Waals surface area contributed by atoms with Gasteiger partial charge in [0, 0.05) is 0 Å². The molecule has 1 saturated carbocycles. The van der Waals surface area contributed by atoms with Crippen molar-refractivity contribution in [1.29, 1.82) is 0 Å². The number of benzene rings is 1. The number of allylic oxidation sites excluding steroid dienone is 2. The number of imide groups is 1. The van der Waals surface area contributed by atoms with Gasteiger partial charge in [0.2, 0.25) is 0 Å². The van der Waals surface area contributed by atoms with Gasteiger partial charge in [-0.2, -0.15) is 10.1 Å². The van der Waals surface area contributed by atoms with E-state index in [1.165, 1.54) is 6.21 Å². The zero-order valence-corrected chi connectivity index (χ0v) is 17.7. The molecule has 2 fully saturated rings. The quantitative estimate of drug-likeness (QED) is 0.282. The molecule has 2 amide bonds. The summed E-state index contributed by atoms with van der Waals surface area (Å²) in [7, 11) is 0. The van der Waals surface area contributed by atoms with Crippen molar-refractivity contribution >= 4 is 39.9 Å². The fourth-order valence-electron chi connectivity index (χ4n) is 4.32. The molecule has 1 aromatic carbocycles. The Hall–Kier alpha value is -2.48. The van der Waals surface area contributed by atoms with Crippen molar-refractivity contribution in [2.24, 2.45) is 28.8 Å². The normalized spacial score (nSPS) is 28.3. The predicted molar refractivity (Wildman–Crippen MR) is 108 cm³/mol. The van der Waals surface area contributed by atoms with Gasteiger partial charge in [0.25, 0.3) is 11.8 Å². The number of hydrazone groups is 1. The Morgan fingerprint density at radius 2 is 1.93 bits per heavy atom. The summed E-state index contributed by atoms with van der Waals surface area (Å²) in [5, 5.41) is 5.18. The molecule has 0 spiro atoms. The maximum absolute atomic E-state index is 12.7. The summed E-state index contributed by atoms with van der Waals surface area (Å²) in [5.41, 5.74) is 0.687. The summed E-state index contributed by atoms with van der Waals surface area (Å²) in [4.78, 5) is 37.0. The highest BCUT2D eigenvalue weighted by Gasteiger charge is 2.59. The van der Waals surface area contributed by atoms with Gasteiger partial charge in [-0.1, -0.05) is 12.2 Å². The first-order valence-electron chi connectivity index (χ1n) is 9.63. The van der Waals surface area contributed by atoms with Crippen LogP contribution in [-0.2, 0) is 19.1 Å². The molecule has 29 heavy (non-hydrogen) atoms. The Morgan fingerprint density at radius 3 is 2.52 bits per heavy atom. The largest absolute Gasteiger partial charge is 0.478 e. The number of esters is 1. The number of carbonyl (C=O) groups is 3. The number of nitrogens with zero attached hydrogens (tertiary/aromatic N) is 2. The number of carbonyl (C=O) groups excluding carboxylic acids is 3. The van der Waals surface area contributed by atoms with Crippen molar-refractivity contribution in [1.82, 2.24) is 5.01 Å². The van der Waals surface area contributed by atoms with Gasteiger partial charge < -0.3 is 9.47 Å². The molecular weight excluding hydrogens is 440 g/mol. The molecule has 4 rings (SSSR count). The fourth-order valence-corrected chi connectivity index (χ4v) is 4.81. The van der Waals surface area contributed by atoms with E-state index >= 15 is 0 Å². The Labute approximate surface area is 176 Å². The second kappa shape index (κ2) is 7.74. The average molecular weight is 461 g/mol. The summed E-state index contributed by atoms with van der Waals surface area (Å²) in [6.07, 6.45) is 5.74. The third-order valence-corrected chi connectivity index (χ3v) is 6.27. The molecule has 2 bridgehead atoms. The van der Waals surface area contributed by atoms with E-state index < -0.39 is 12.1 Å². The molecule has 0 aromatic heterocycles. The first-order chi connectivity index (χ1) is 13.9. The van der Waals surface area contributed by atoms with Crippen LogP contribution >= 0.6 is 15.9 Å². The summed E-state index contributed by atoms with van der Waals surface area (Å²) < 4.78 is 11.2. The van der Waals surface area contributed by atoms with Crippen LogP contribution in [0.3, 0.4) is 0 Å². The average Bonchev–Trinajstić information content (AvgIpc) is 3.37. The van der Waals surface area contributed by atoms with E-state index in [9.17, 15) is 14.4 Å². The standard InChI is InChI=1S/C21H21BrN2O5/c1-3-28-21(27)11(2)29-16-7-4-12(8-15(16)22)10-23-24-19(25)17-13-5-6-14(9-13)18(17)20(24)26/h4-8,10-11,13-14,17-18H,3,9H2,1-2H3/t11-,13-,14-,17-,18+/m0/s1. The Morgan fingerprint density at radius 1 is 1.28 bits per heavy atom. The molecule has 0 N–H and O–H groups in total. The SMILES string of the molecule is CCOC(=O)[C@H](C)Oc1ccc(C=NN2C(=O)[C@@H]3[C@H](C2=O)[C@H]2C=C[C@H]3C2)cc1Br. The molecule has 1 aromatic rings. The highest BCUT2D eigenvalue weighted by atomic mass is 79.9. The van der Waals surface area contributed by atoms with Gasteiger partial charge >= 0.3 is 5.97 Å². The van der Waals surface area contributed by atoms with Crippen molar-refractivity contribution < 1.29 is 23.9 Å². The third kappa shape index (κ3) is 3.50. The summed E-state index contributed by atoms with van der Waals surface area (Å²) >= 11 is 3.41. The second-order valence-corrected chi connectivity index (χ2v) is 8.29. The first-order valence-corrected chi connectivity index (χ1v) is 10.4. The van der Waals surface area contributed by atoms with Crippen molar-refractivity contribution in [3.05, 3.63) is 40.4 Å². The van der Waals surface area contributed by atoms with E-state index in [2.05, 4.69) is 33.2 Å². The molecule has 0 radical (unpaired) electrons. The number of halogens is 1. The van der Waals surface area contributed by atoms with E-state index in [4.69, 9.17) is 9.47 Å². The first kappa shape index (κ1) is 19.8. The number of fused-ring (bicyclic) bond motifs is 5. The zero-order chi connectivity index (χ0) is 20.7. The topological polar surface area (TPSA) is 85.3 Å². The minimum atomic E-state index is -0.742. The monoisotopic (exact) mass is 460 g/mol. The molecule has 1 aliphatic heterocycles.